The molecule has 2 aromatic rings. The highest BCUT2D eigenvalue weighted by Gasteiger charge is 2.03. The first-order valence-electron chi connectivity index (χ1n) is 4.63. The maximum Gasteiger partial charge on any atom is 0.323 e. The van der Waals surface area contributed by atoms with Crippen LogP contribution < -0.4 is 10.4 Å². The number of methoxy groups -OCH3 is 1. The van der Waals surface area contributed by atoms with Crippen molar-refractivity contribution in [3.8, 4) is 17.0 Å². The third kappa shape index (κ3) is 1.79. The van der Waals surface area contributed by atoms with Crippen molar-refractivity contribution in [2.45, 2.75) is 6.92 Å². The van der Waals surface area contributed by atoms with Crippen molar-refractivity contribution in [2.75, 3.05) is 7.11 Å². The Balaban J connectivity index is 2.46. The van der Waals surface area contributed by atoms with Gasteiger partial charge in [0, 0.05) is 11.8 Å². The zero-order chi connectivity index (χ0) is 10.8. The lowest BCUT2D eigenvalue weighted by Gasteiger charge is -2.05. The van der Waals surface area contributed by atoms with E-state index in [2.05, 4.69) is 9.97 Å². The number of nitrogens with one attached hydrogen (secondary N) is 2. The van der Waals surface area contributed by atoms with Gasteiger partial charge in [0.25, 0.3) is 0 Å². The molecule has 0 aliphatic rings. The van der Waals surface area contributed by atoms with E-state index in [1.54, 1.807) is 13.3 Å². The molecule has 1 heterocycles. The van der Waals surface area contributed by atoms with Gasteiger partial charge in [0.05, 0.1) is 12.8 Å². The summed E-state index contributed by atoms with van der Waals surface area (Å²) in [7, 11) is 1.64. The summed E-state index contributed by atoms with van der Waals surface area (Å²) in [6, 6.07) is 5.76. The van der Waals surface area contributed by atoms with E-state index >= 15 is 0 Å². The zero-order valence-corrected chi connectivity index (χ0v) is 8.63. The molecule has 0 amide bonds. The molecular formula is C11H12N2O2. The summed E-state index contributed by atoms with van der Waals surface area (Å²) in [5.41, 5.74) is 2.59. The van der Waals surface area contributed by atoms with E-state index in [1.807, 2.05) is 25.1 Å². The van der Waals surface area contributed by atoms with Crippen molar-refractivity contribution in [2.24, 2.45) is 0 Å². The number of benzene rings is 1. The van der Waals surface area contributed by atoms with Crippen molar-refractivity contribution >= 4 is 0 Å². The Kier molecular flexibility index (Phi) is 2.33. The van der Waals surface area contributed by atoms with Gasteiger partial charge in [-0.15, -0.1) is 0 Å². The molecule has 0 fully saturated rings. The van der Waals surface area contributed by atoms with Crippen molar-refractivity contribution in [3.63, 3.8) is 0 Å². The van der Waals surface area contributed by atoms with Gasteiger partial charge in [-0.25, -0.2) is 4.79 Å². The fourth-order valence-corrected chi connectivity index (χ4v) is 1.53. The minimum Gasteiger partial charge on any atom is -0.496 e. The molecule has 15 heavy (non-hydrogen) atoms. The molecule has 0 aliphatic heterocycles. The van der Waals surface area contributed by atoms with Crippen LogP contribution in [0.1, 0.15) is 5.56 Å². The molecule has 0 unspecified atom stereocenters. The number of ether oxygens (including phenoxy) is 1. The molecule has 4 nitrogen and oxygen atoms in total. The van der Waals surface area contributed by atoms with Crippen LogP contribution in [0, 0.1) is 6.92 Å². The van der Waals surface area contributed by atoms with E-state index in [0.29, 0.717) is 0 Å². The van der Waals surface area contributed by atoms with Gasteiger partial charge < -0.3 is 14.7 Å². The molecule has 1 aromatic carbocycles. The summed E-state index contributed by atoms with van der Waals surface area (Å²) >= 11 is 0. The van der Waals surface area contributed by atoms with Crippen LogP contribution in [0.3, 0.4) is 0 Å². The number of aromatic amines is 2. The van der Waals surface area contributed by atoms with Crippen molar-refractivity contribution < 1.29 is 4.74 Å². The number of H-pyrrole nitrogens is 2. The van der Waals surface area contributed by atoms with Gasteiger partial charge in [0.2, 0.25) is 0 Å². The van der Waals surface area contributed by atoms with Crippen LogP contribution in [0.15, 0.2) is 29.2 Å². The standard InChI is InChI=1S/C11H12N2O2/c1-7-5-8(3-4-10(7)15-2)9-6-12-11(14)13-9/h3-6H,1-2H3,(H2,12,13,14). The maximum atomic E-state index is 10.9. The molecule has 0 aliphatic carbocycles. The Morgan fingerprint density at radius 3 is 2.67 bits per heavy atom. The minimum absolute atomic E-state index is 0.196. The second kappa shape index (κ2) is 3.65. The smallest absolute Gasteiger partial charge is 0.323 e. The molecular weight excluding hydrogens is 192 g/mol. The van der Waals surface area contributed by atoms with Crippen LogP contribution >= 0.6 is 0 Å². The molecule has 0 radical (unpaired) electrons. The van der Waals surface area contributed by atoms with Crippen molar-refractivity contribution in [1.82, 2.24) is 9.97 Å². The van der Waals surface area contributed by atoms with E-state index < -0.39 is 0 Å². The maximum absolute atomic E-state index is 10.9. The number of aromatic nitrogens is 2. The van der Waals surface area contributed by atoms with E-state index in [9.17, 15) is 4.79 Å². The number of hydrogen-bond acceptors (Lipinski definition) is 2. The molecule has 4 heteroatoms. The van der Waals surface area contributed by atoms with Crippen LogP contribution in [-0.2, 0) is 0 Å². The molecule has 2 N–H and O–H groups in total. The fourth-order valence-electron chi connectivity index (χ4n) is 1.53. The highest BCUT2D eigenvalue weighted by atomic mass is 16.5. The summed E-state index contributed by atoms with van der Waals surface area (Å²) < 4.78 is 5.16. The van der Waals surface area contributed by atoms with Crippen molar-refractivity contribution in [1.29, 1.82) is 0 Å². The van der Waals surface area contributed by atoms with Gasteiger partial charge >= 0.3 is 5.69 Å². The number of hydrogen-bond donors (Lipinski definition) is 2. The normalized spacial score (nSPS) is 10.3. The van der Waals surface area contributed by atoms with E-state index in [1.165, 1.54) is 0 Å². The predicted octanol–water partition coefficient (Wildman–Crippen LogP) is 1.69. The molecule has 0 atom stereocenters. The SMILES string of the molecule is COc1ccc(-c2c[nH]c(=O)[nH]2)cc1C. The Morgan fingerprint density at radius 1 is 1.33 bits per heavy atom. The first-order valence-corrected chi connectivity index (χ1v) is 4.63. The number of imidazole rings is 1. The summed E-state index contributed by atoms with van der Waals surface area (Å²) in [6.07, 6.45) is 1.66. The molecule has 0 saturated carbocycles. The molecule has 1 aromatic heterocycles. The quantitative estimate of drug-likeness (QED) is 0.782. The first kappa shape index (κ1) is 9.58. The molecule has 0 spiro atoms. The molecule has 2 rings (SSSR count). The zero-order valence-electron chi connectivity index (χ0n) is 8.63. The second-order valence-corrected chi connectivity index (χ2v) is 3.34. The van der Waals surface area contributed by atoms with Crippen LogP contribution in [0.2, 0.25) is 0 Å². The highest BCUT2D eigenvalue weighted by Crippen LogP contribution is 2.23. The Bertz CT molecular complexity index is 525. The Morgan fingerprint density at radius 2 is 2.13 bits per heavy atom. The lowest BCUT2D eigenvalue weighted by atomic mass is 10.1. The second-order valence-electron chi connectivity index (χ2n) is 3.34. The lowest BCUT2D eigenvalue weighted by Crippen LogP contribution is -2.00. The van der Waals surface area contributed by atoms with Crippen LogP contribution in [0.4, 0.5) is 0 Å². The van der Waals surface area contributed by atoms with Gasteiger partial charge in [0.1, 0.15) is 5.75 Å². The largest absolute Gasteiger partial charge is 0.496 e. The van der Waals surface area contributed by atoms with Crippen LogP contribution in [0.25, 0.3) is 11.3 Å². The van der Waals surface area contributed by atoms with Crippen LogP contribution in [0.5, 0.6) is 5.75 Å². The monoisotopic (exact) mass is 204 g/mol. The topological polar surface area (TPSA) is 57.9 Å². The minimum atomic E-state index is -0.196. The first-order chi connectivity index (χ1) is 7.20. The average molecular weight is 204 g/mol. The van der Waals surface area contributed by atoms with Crippen molar-refractivity contribution in [3.05, 3.63) is 40.4 Å². The van der Waals surface area contributed by atoms with Gasteiger partial charge in [-0.1, -0.05) is 0 Å². The van der Waals surface area contributed by atoms with Gasteiger partial charge in [-0.2, -0.15) is 0 Å². The Labute approximate surface area is 86.9 Å². The molecule has 0 bridgehead atoms. The molecule has 78 valence electrons. The van der Waals surface area contributed by atoms with E-state index in [4.69, 9.17) is 4.74 Å². The fraction of sp³-hybridized carbons (Fsp3) is 0.182. The summed E-state index contributed by atoms with van der Waals surface area (Å²) in [6.45, 7) is 1.97. The van der Waals surface area contributed by atoms with Gasteiger partial charge in [-0.3, -0.25) is 0 Å². The predicted molar refractivity (Wildman–Crippen MR) is 58.1 cm³/mol. The Hall–Kier alpha value is -1.97. The van der Waals surface area contributed by atoms with E-state index in [0.717, 1.165) is 22.6 Å². The number of aryl methyl sites for hydroxylation is 1. The van der Waals surface area contributed by atoms with E-state index in [-0.39, 0.29) is 5.69 Å². The summed E-state index contributed by atoms with van der Waals surface area (Å²) in [5.74, 6) is 0.844. The molecule has 0 saturated heterocycles. The third-order valence-corrected chi connectivity index (χ3v) is 2.30. The summed E-state index contributed by atoms with van der Waals surface area (Å²) in [4.78, 5) is 16.2. The third-order valence-electron chi connectivity index (χ3n) is 2.30. The number of rotatable bonds is 2. The lowest BCUT2D eigenvalue weighted by molar-refractivity contribution is 0.412. The highest BCUT2D eigenvalue weighted by molar-refractivity contribution is 5.61. The van der Waals surface area contributed by atoms with Gasteiger partial charge in [0.15, 0.2) is 0 Å². The van der Waals surface area contributed by atoms with Gasteiger partial charge in [-0.05, 0) is 30.7 Å². The summed E-state index contributed by atoms with van der Waals surface area (Å²) in [5, 5.41) is 0. The average Bonchev–Trinajstić information content (AvgIpc) is 2.65. The van der Waals surface area contributed by atoms with Crippen LogP contribution in [-0.4, -0.2) is 17.1 Å².